The van der Waals surface area contributed by atoms with Gasteiger partial charge in [-0.05, 0) is 92.3 Å². The van der Waals surface area contributed by atoms with Crippen molar-refractivity contribution in [3.8, 4) is 0 Å². The minimum Gasteiger partial charge on any atom is -0.432 e. The molecule has 5 aliphatic carbocycles. The third kappa shape index (κ3) is 4.60. The second-order valence-corrected chi connectivity index (χ2v) is 17.4. The van der Waals surface area contributed by atoms with E-state index in [1.165, 1.54) is 0 Å². The highest BCUT2D eigenvalue weighted by Gasteiger charge is 2.73. The molecule has 1 saturated heterocycles. The van der Waals surface area contributed by atoms with Gasteiger partial charge in [-0.1, -0.05) is 39.3 Å². The van der Waals surface area contributed by atoms with Gasteiger partial charge in [0.2, 0.25) is 6.29 Å². The Hall–Kier alpha value is -1.19. The van der Waals surface area contributed by atoms with Crippen LogP contribution in [0.1, 0.15) is 86.0 Å². The second kappa shape index (κ2) is 11.9. The van der Waals surface area contributed by atoms with Gasteiger partial charge in [0.25, 0.3) is 0 Å². The zero-order valence-electron chi connectivity index (χ0n) is 29.0. The molecule has 0 unspecified atom stereocenters. The van der Waals surface area contributed by atoms with Gasteiger partial charge in [0.1, 0.15) is 24.4 Å². The lowest BCUT2D eigenvalue weighted by atomic mass is 9.32. The summed E-state index contributed by atoms with van der Waals surface area (Å²) in [7, 11) is 0. The van der Waals surface area contributed by atoms with Crippen LogP contribution in [0, 0.1) is 50.7 Å². The van der Waals surface area contributed by atoms with Crippen LogP contribution in [0.15, 0.2) is 11.6 Å². The standard InChI is InChI=1S/C36H58O12/c1-18-8-11-35(30(45)48-29-26(43)25(42)24(41)21(15-37)47-29)13-12-32(3)19(27(35)34(18,5)46)6-7-22-31(2)14-20(40)28(44)36(16-38,17-39)23(31)9-10-33(22,32)4/h6,18,20-29,37-44,46H,7-17H2,1-5H3/t18-,20-,21-,22-,23-,24-,25+,26-,27-,28+,29+,31-,32-,33-,34-,35+/m1/s1. The molecule has 1 aliphatic heterocycles. The van der Waals surface area contributed by atoms with Gasteiger partial charge in [-0.25, -0.2) is 0 Å². The van der Waals surface area contributed by atoms with Crippen molar-refractivity contribution < 1.29 is 60.2 Å². The van der Waals surface area contributed by atoms with Crippen molar-refractivity contribution in [2.24, 2.45) is 50.7 Å². The van der Waals surface area contributed by atoms with E-state index in [0.29, 0.717) is 44.9 Å². The van der Waals surface area contributed by atoms with Gasteiger partial charge < -0.3 is 55.4 Å². The lowest BCUT2D eigenvalue weighted by Crippen LogP contribution is -2.70. The monoisotopic (exact) mass is 682 g/mol. The van der Waals surface area contributed by atoms with Crippen molar-refractivity contribution in [3.05, 3.63) is 11.6 Å². The molecule has 274 valence electrons. The number of allylic oxidation sites excluding steroid dienone is 1. The van der Waals surface area contributed by atoms with Crippen LogP contribution >= 0.6 is 0 Å². The molecule has 0 aromatic carbocycles. The first-order valence-corrected chi connectivity index (χ1v) is 17.9. The average Bonchev–Trinajstić information content (AvgIpc) is 3.04. The predicted octanol–water partition coefficient (Wildman–Crippen LogP) is 0.379. The Morgan fingerprint density at radius 1 is 0.896 bits per heavy atom. The van der Waals surface area contributed by atoms with Crippen LogP contribution in [-0.2, 0) is 14.3 Å². The maximum atomic E-state index is 14.5. The molecule has 6 aliphatic rings. The number of aliphatic hydroxyl groups excluding tert-OH is 8. The molecule has 0 radical (unpaired) electrons. The minimum atomic E-state index is -1.74. The van der Waals surface area contributed by atoms with Gasteiger partial charge >= 0.3 is 5.97 Å². The third-order valence-electron chi connectivity index (χ3n) is 15.7. The number of carbonyl (C=O) groups excluding carboxylic acids is 1. The van der Waals surface area contributed by atoms with Crippen molar-refractivity contribution in [2.75, 3.05) is 19.8 Å². The van der Waals surface area contributed by atoms with Crippen LogP contribution in [0.2, 0.25) is 0 Å². The first kappa shape index (κ1) is 36.6. The molecule has 48 heavy (non-hydrogen) atoms. The number of ether oxygens (including phenoxy) is 2. The Bertz CT molecular complexity index is 1280. The van der Waals surface area contributed by atoms with E-state index in [0.717, 1.165) is 12.0 Å². The zero-order valence-corrected chi connectivity index (χ0v) is 29.0. The predicted molar refractivity (Wildman–Crippen MR) is 171 cm³/mol. The molecule has 5 fully saturated rings. The normalized spacial score (nSPS) is 54.5. The van der Waals surface area contributed by atoms with Crippen LogP contribution in [0.5, 0.6) is 0 Å². The summed E-state index contributed by atoms with van der Waals surface area (Å²) in [5.41, 5.74) is -4.09. The Labute approximate surface area is 282 Å². The largest absolute Gasteiger partial charge is 0.432 e. The van der Waals surface area contributed by atoms with Crippen molar-refractivity contribution in [1.29, 1.82) is 0 Å². The Balaban J connectivity index is 1.40. The van der Waals surface area contributed by atoms with E-state index in [1.807, 2.05) is 6.92 Å². The smallest absolute Gasteiger partial charge is 0.315 e. The molecule has 16 atom stereocenters. The summed E-state index contributed by atoms with van der Waals surface area (Å²) >= 11 is 0. The van der Waals surface area contributed by atoms with E-state index in [9.17, 15) is 50.8 Å². The summed E-state index contributed by atoms with van der Waals surface area (Å²) in [5.74, 6) is -1.67. The molecule has 12 heteroatoms. The Morgan fingerprint density at radius 3 is 2.19 bits per heavy atom. The fourth-order valence-corrected chi connectivity index (χ4v) is 12.4. The van der Waals surface area contributed by atoms with Crippen molar-refractivity contribution in [1.82, 2.24) is 0 Å². The summed E-state index contributed by atoms with van der Waals surface area (Å²) in [5, 5.41) is 96.9. The first-order valence-electron chi connectivity index (χ1n) is 17.9. The minimum absolute atomic E-state index is 0.0108. The van der Waals surface area contributed by atoms with Gasteiger partial charge in [-0.3, -0.25) is 4.79 Å². The quantitative estimate of drug-likeness (QED) is 0.142. The maximum Gasteiger partial charge on any atom is 0.315 e. The zero-order chi connectivity index (χ0) is 35.4. The molecular weight excluding hydrogens is 624 g/mol. The van der Waals surface area contributed by atoms with Crippen molar-refractivity contribution in [2.45, 2.75) is 135 Å². The number of hydrogen-bond donors (Lipinski definition) is 9. The first-order chi connectivity index (χ1) is 22.4. The summed E-state index contributed by atoms with van der Waals surface area (Å²) in [6.45, 7) is 8.85. The molecule has 0 spiro atoms. The van der Waals surface area contributed by atoms with Gasteiger partial charge in [0, 0.05) is 11.3 Å². The molecule has 9 N–H and O–H groups in total. The fourth-order valence-electron chi connectivity index (χ4n) is 12.4. The molecule has 4 saturated carbocycles. The van der Waals surface area contributed by atoms with Gasteiger partial charge in [-0.2, -0.15) is 0 Å². The highest BCUT2D eigenvalue weighted by Crippen LogP contribution is 2.76. The maximum absolute atomic E-state index is 14.5. The van der Waals surface area contributed by atoms with Crippen molar-refractivity contribution in [3.63, 3.8) is 0 Å². The molecule has 0 bridgehead atoms. The third-order valence-corrected chi connectivity index (χ3v) is 15.7. The van der Waals surface area contributed by atoms with Crippen LogP contribution in [0.3, 0.4) is 0 Å². The van der Waals surface area contributed by atoms with Crippen molar-refractivity contribution >= 4 is 5.97 Å². The SMILES string of the molecule is C[C@@H]1CC[C@]2(C(=O)O[C@@H]3O[C@H](CO)[C@@H](O)[C@H](O)[C@H]3O)CC[C@]3(C)C(=CC[C@@H]4[C@@]5(C)C[C@@H](O)[C@H](O)C(CO)(CO)[C@@H]5CC[C@]43C)[C@@H]2[C@]1(C)O. The molecule has 0 aromatic rings. The van der Waals surface area contributed by atoms with Crippen LogP contribution < -0.4 is 0 Å². The molecule has 6 rings (SSSR count). The fraction of sp³-hybridized carbons (Fsp3) is 0.917. The Morgan fingerprint density at radius 2 is 1.56 bits per heavy atom. The molecule has 1 heterocycles. The lowest BCUT2D eigenvalue weighted by Gasteiger charge is -2.72. The van der Waals surface area contributed by atoms with Crippen LogP contribution in [0.4, 0.5) is 0 Å². The number of aliphatic hydroxyl groups is 9. The number of hydrogen-bond acceptors (Lipinski definition) is 12. The highest BCUT2D eigenvalue weighted by molar-refractivity contribution is 5.79. The van der Waals surface area contributed by atoms with E-state index in [-0.39, 0.29) is 23.2 Å². The summed E-state index contributed by atoms with van der Waals surface area (Å²) in [4.78, 5) is 14.5. The highest BCUT2D eigenvalue weighted by atomic mass is 16.7. The number of rotatable bonds is 5. The van der Waals surface area contributed by atoms with Gasteiger partial charge in [0.15, 0.2) is 0 Å². The molecule has 12 nitrogen and oxygen atoms in total. The lowest BCUT2D eigenvalue weighted by molar-refractivity contribution is -0.299. The second-order valence-electron chi connectivity index (χ2n) is 17.4. The van der Waals surface area contributed by atoms with E-state index in [1.54, 1.807) is 6.92 Å². The molecule has 0 aromatic heterocycles. The van der Waals surface area contributed by atoms with Gasteiger partial charge in [-0.15, -0.1) is 0 Å². The molecule has 0 amide bonds. The van der Waals surface area contributed by atoms with Crippen LogP contribution in [-0.4, -0.2) is 120 Å². The topological polar surface area (TPSA) is 218 Å². The summed E-state index contributed by atoms with van der Waals surface area (Å²) in [6, 6.07) is 0. The van der Waals surface area contributed by atoms with E-state index >= 15 is 0 Å². The number of fused-ring (bicyclic) bond motifs is 7. The van der Waals surface area contributed by atoms with Gasteiger partial charge in [0.05, 0.1) is 43.0 Å². The van der Waals surface area contributed by atoms with E-state index in [2.05, 4.69) is 26.8 Å². The summed E-state index contributed by atoms with van der Waals surface area (Å²) in [6.07, 6.45) is -3.85. The number of esters is 1. The molecular formula is C36H58O12. The van der Waals surface area contributed by atoms with E-state index in [4.69, 9.17) is 9.47 Å². The Kier molecular flexibility index (Phi) is 9.10. The average molecular weight is 683 g/mol. The van der Waals surface area contributed by atoms with E-state index < -0.39 is 102 Å². The summed E-state index contributed by atoms with van der Waals surface area (Å²) < 4.78 is 11.4. The van der Waals surface area contributed by atoms with Crippen LogP contribution in [0.25, 0.3) is 0 Å². The number of carbonyl (C=O) groups is 1.